The zero-order valence-electron chi connectivity index (χ0n) is 9.07. The highest BCUT2D eigenvalue weighted by Gasteiger charge is 2.17. The van der Waals surface area contributed by atoms with Crippen LogP contribution >= 0.6 is 22.9 Å². The Morgan fingerprint density at radius 1 is 1.44 bits per heavy atom. The molecule has 0 aliphatic rings. The fourth-order valence-corrected chi connectivity index (χ4v) is 2.53. The van der Waals surface area contributed by atoms with Gasteiger partial charge in [0.2, 0.25) is 0 Å². The van der Waals surface area contributed by atoms with Crippen LogP contribution in [0.5, 0.6) is 0 Å². The summed E-state index contributed by atoms with van der Waals surface area (Å²) < 4.78 is 5.48. The molecule has 1 N–H and O–H groups in total. The van der Waals surface area contributed by atoms with Crippen molar-refractivity contribution in [1.82, 2.24) is 5.32 Å². The normalized spacial score (nSPS) is 12.9. The molecule has 16 heavy (non-hydrogen) atoms. The summed E-state index contributed by atoms with van der Waals surface area (Å²) in [5.74, 6) is 0.876. The van der Waals surface area contributed by atoms with Gasteiger partial charge in [0.1, 0.15) is 11.8 Å². The third-order valence-corrected chi connectivity index (χ3v) is 3.44. The first-order valence-electron chi connectivity index (χ1n) is 5.33. The quantitative estimate of drug-likeness (QED) is 0.871. The molecular formula is C12H14ClNOS. The van der Waals surface area contributed by atoms with Crippen LogP contribution in [0.2, 0.25) is 5.22 Å². The first kappa shape index (κ1) is 11.7. The highest BCUT2D eigenvalue weighted by Crippen LogP contribution is 2.28. The van der Waals surface area contributed by atoms with Crippen molar-refractivity contribution in [3.8, 4) is 0 Å². The maximum Gasteiger partial charge on any atom is 0.193 e. The average Bonchev–Trinajstić information content (AvgIpc) is 2.91. The van der Waals surface area contributed by atoms with Crippen molar-refractivity contribution in [2.45, 2.75) is 19.4 Å². The van der Waals surface area contributed by atoms with E-state index >= 15 is 0 Å². The summed E-state index contributed by atoms with van der Waals surface area (Å²) in [6.45, 7) is 3.11. The summed E-state index contributed by atoms with van der Waals surface area (Å²) in [5, 5.41) is 5.97. The summed E-state index contributed by atoms with van der Waals surface area (Å²) in [4.78, 5) is 1.25. The second kappa shape index (κ2) is 5.53. The van der Waals surface area contributed by atoms with Gasteiger partial charge in [-0.2, -0.15) is 0 Å². The molecule has 1 unspecified atom stereocenters. The van der Waals surface area contributed by atoms with Gasteiger partial charge in [0.25, 0.3) is 0 Å². The first-order valence-corrected chi connectivity index (χ1v) is 6.59. The summed E-state index contributed by atoms with van der Waals surface area (Å²) in [6, 6.07) is 7.98. The second-order valence-electron chi connectivity index (χ2n) is 3.54. The van der Waals surface area contributed by atoms with Crippen LogP contribution in [0.4, 0.5) is 0 Å². The first-order chi connectivity index (χ1) is 7.81. The number of nitrogens with one attached hydrogen (secondary N) is 1. The largest absolute Gasteiger partial charge is 0.448 e. The molecule has 0 amide bonds. The number of hydrogen-bond acceptors (Lipinski definition) is 3. The molecule has 0 radical (unpaired) electrons. The molecule has 1 atom stereocenters. The number of hydrogen-bond donors (Lipinski definition) is 1. The van der Waals surface area contributed by atoms with Crippen LogP contribution in [0.3, 0.4) is 0 Å². The van der Waals surface area contributed by atoms with E-state index in [0.29, 0.717) is 5.22 Å². The molecule has 0 bridgehead atoms. The van der Waals surface area contributed by atoms with Crippen LogP contribution in [0.1, 0.15) is 30.0 Å². The monoisotopic (exact) mass is 255 g/mol. The third kappa shape index (κ3) is 2.67. The van der Waals surface area contributed by atoms with Crippen molar-refractivity contribution in [3.63, 3.8) is 0 Å². The summed E-state index contributed by atoms with van der Waals surface area (Å²) in [6.07, 6.45) is 1.09. The molecule has 86 valence electrons. The van der Waals surface area contributed by atoms with Crippen LogP contribution in [0.25, 0.3) is 0 Å². The second-order valence-corrected chi connectivity index (χ2v) is 4.90. The zero-order chi connectivity index (χ0) is 11.4. The van der Waals surface area contributed by atoms with E-state index in [1.165, 1.54) is 4.88 Å². The van der Waals surface area contributed by atoms with Gasteiger partial charge in [0.05, 0.1) is 0 Å². The molecular weight excluding hydrogens is 242 g/mol. The lowest BCUT2D eigenvalue weighted by molar-refractivity contribution is 0.451. The predicted octanol–water partition coefficient (Wildman–Crippen LogP) is 4.08. The molecule has 2 heterocycles. The van der Waals surface area contributed by atoms with Crippen molar-refractivity contribution in [3.05, 3.63) is 45.5 Å². The van der Waals surface area contributed by atoms with Crippen LogP contribution in [-0.2, 0) is 0 Å². The van der Waals surface area contributed by atoms with Crippen molar-refractivity contribution < 1.29 is 4.42 Å². The van der Waals surface area contributed by atoms with E-state index in [0.717, 1.165) is 18.7 Å². The molecule has 0 saturated heterocycles. The molecule has 2 rings (SSSR count). The maximum absolute atomic E-state index is 5.81. The highest BCUT2D eigenvalue weighted by atomic mass is 35.5. The minimum absolute atomic E-state index is 0.118. The van der Waals surface area contributed by atoms with E-state index in [4.69, 9.17) is 16.0 Å². The minimum Gasteiger partial charge on any atom is -0.448 e. The smallest absolute Gasteiger partial charge is 0.193 e. The van der Waals surface area contributed by atoms with Gasteiger partial charge < -0.3 is 9.73 Å². The summed E-state index contributed by atoms with van der Waals surface area (Å²) >= 11 is 7.53. The molecule has 2 nitrogen and oxygen atoms in total. The average molecular weight is 256 g/mol. The maximum atomic E-state index is 5.81. The van der Waals surface area contributed by atoms with Gasteiger partial charge in [0, 0.05) is 4.88 Å². The van der Waals surface area contributed by atoms with Crippen LogP contribution in [-0.4, -0.2) is 6.54 Å². The van der Waals surface area contributed by atoms with Gasteiger partial charge >= 0.3 is 0 Å². The number of halogens is 1. The lowest BCUT2D eigenvalue weighted by Crippen LogP contribution is -2.21. The Bertz CT molecular complexity index is 424. The Balaban J connectivity index is 2.21. The van der Waals surface area contributed by atoms with Crippen molar-refractivity contribution in [1.29, 1.82) is 0 Å². The van der Waals surface area contributed by atoms with Gasteiger partial charge in [-0.05, 0) is 48.1 Å². The predicted molar refractivity (Wildman–Crippen MR) is 68.2 cm³/mol. The van der Waals surface area contributed by atoms with Gasteiger partial charge in [-0.25, -0.2) is 0 Å². The van der Waals surface area contributed by atoms with E-state index in [-0.39, 0.29) is 6.04 Å². The number of thiophene rings is 1. The zero-order valence-corrected chi connectivity index (χ0v) is 10.6. The Kier molecular flexibility index (Phi) is 4.04. The molecule has 4 heteroatoms. The van der Waals surface area contributed by atoms with E-state index in [1.807, 2.05) is 12.1 Å². The van der Waals surface area contributed by atoms with Crippen molar-refractivity contribution in [2.75, 3.05) is 6.54 Å². The molecule has 0 aliphatic heterocycles. The third-order valence-electron chi connectivity index (χ3n) is 2.30. The van der Waals surface area contributed by atoms with Crippen LogP contribution in [0, 0.1) is 0 Å². The van der Waals surface area contributed by atoms with Crippen molar-refractivity contribution in [2.24, 2.45) is 0 Å². The Morgan fingerprint density at radius 3 is 2.88 bits per heavy atom. The fourth-order valence-electron chi connectivity index (χ4n) is 1.57. The van der Waals surface area contributed by atoms with Gasteiger partial charge in [-0.1, -0.05) is 13.0 Å². The lowest BCUT2D eigenvalue weighted by Gasteiger charge is -2.14. The minimum atomic E-state index is 0.118. The molecule has 0 saturated carbocycles. The topological polar surface area (TPSA) is 25.2 Å². The SMILES string of the molecule is CCCNC(c1ccc(Cl)o1)c1cccs1. The summed E-state index contributed by atoms with van der Waals surface area (Å²) in [5.41, 5.74) is 0. The Labute approximate surface area is 104 Å². The molecule has 2 aromatic heterocycles. The highest BCUT2D eigenvalue weighted by molar-refractivity contribution is 7.10. The Morgan fingerprint density at radius 2 is 2.31 bits per heavy atom. The Hall–Kier alpha value is -0.770. The molecule has 0 aromatic carbocycles. The van der Waals surface area contributed by atoms with Crippen LogP contribution in [0.15, 0.2) is 34.1 Å². The van der Waals surface area contributed by atoms with Gasteiger partial charge in [0.15, 0.2) is 5.22 Å². The van der Waals surface area contributed by atoms with Gasteiger partial charge in [-0.15, -0.1) is 11.3 Å². The van der Waals surface area contributed by atoms with E-state index < -0.39 is 0 Å². The van der Waals surface area contributed by atoms with E-state index in [9.17, 15) is 0 Å². The number of furan rings is 1. The standard InChI is InChI=1S/C12H14ClNOS/c1-2-7-14-12(10-4-3-8-16-10)9-5-6-11(13)15-9/h3-6,8,12,14H,2,7H2,1H3. The molecule has 0 fully saturated rings. The van der Waals surface area contributed by atoms with Crippen LogP contribution < -0.4 is 5.32 Å². The fraction of sp³-hybridized carbons (Fsp3) is 0.333. The number of rotatable bonds is 5. The van der Waals surface area contributed by atoms with Crippen molar-refractivity contribution >= 4 is 22.9 Å². The molecule has 2 aromatic rings. The molecule has 0 spiro atoms. The van der Waals surface area contributed by atoms with E-state index in [1.54, 1.807) is 17.4 Å². The van der Waals surface area contributed by atoms with Gasteiger partial charge in [-0.3, -0.25) is 0 Å². The lowest BCUT2D eigenvalue weighted by atomic mass is 10.2. The molecule has 0 aliphatic carbocycles. The van der Waals surface area contributed by atoms with E-state index in [2.05, 4.69) is 23.7 Å². The summed E-state index contributed by atoms with van der Waals surface area (Å²) in [7, 11) is 0.